The van der Waals surface area contributed by atoms with E-state index in [1.165, 1.54) is 19.3 Å². The van der Waals surface area contributed by atoms with E-state index in [1.807, 2.05) is 6.92 Å². The molecule has 1 saturated carbocycles. The van der Waals surface area contributed by atoms with Gasteiger partial charge in [0.25, 0.3) is 0 Å². The summed E-state index contributed by atoms with van der Waals surface area (Å²) in [5, 5.41) is 11.7. The second-order valence-corrected chi connectivity index (χ2v) is 5.77. The molecular formula is C15H28N2O3. The molecule has 0 aliphatic heterocycles. The number of hydrogen-bond acceptors (Lipinski definition) is 2. The topological polar surface area (TPSA) is 69.6 Å². The molecule has 116 valence electrons. The molecule has 1 rings (SSSR count). The molecule has 0 spiro atoms. The predicted molar refractivity (Wildman–Crippen MR) is 78.7 cm³/mol. The fourth-order valence-corrected chi connectivity index (χ4v) is 2.30. The van der Waals surface area contributed by atoms with Crippen LogP contribution >= 0.6 is 0 Å². The van der Waals surface area contributed by atoms with Gasteiger partial charge in [-0.2, -0.15) is 0 Å². The quantitative estimate of drug-likeness (QED) is 0.606. The molecule has 20 heavy (non-hydrogen) atoms. The van der Waals surface area contributed by atoms with Crippen molar-refractivity contribution >= 4 is 12.0 Å². The van der Waals surface area contributed by atoms with Crippen molar-refractivity contribution < 1.29 is 14.7 Å². The Labute approximate surface area is 121 Å². The summed E-state index contributed by atoms with van der Waals surface area (Å²) in [6.07, 6.45) is 7.81. The van der Waals surface area contributed by atoms with Gasteiger partial charge in [-0.15, -0.1) is 0 Å². The van der Waals surface area contributed by atoms with Crippen LogP contribution in [0, 0.1) is 0 Å². The lowest BCUT2D eigenvalue weighted by Gasteiger charge is -2.24. The molecule has 0 heterocycles. The summed E-state index contributed by atoms with van der Waals surface area (Å²) >= 11 is 0. The Balaban J connectivity index is 2.28. The van der Waals surface area contributed by atoms with E-state index in [-0.39, 0.29) is 24.5 Å². The summed E-state index contributed by atoms with van der Waals surface area (Å²) in [6, 6.07) is 0.309. The molecule has 0 aromatic carbocycles. The van der Waals surface area contributed by atoms with Crippen molar-refractivity contribution in [2.24, 2.45) is 0 Å². The highest BCUT2D eigenvalue weighted by molar-refractivity contribution is 5.76. The molecule has 5 heteroatoms. The first-order chi connectivity index (χ1) is 9.54. The van der Waals surface area contributed by atoms with E-state index in [9.17, 15) is 9.59 Å². The summed E-state index contributed by atoms with van der Waals surface area (Å²) in [6.45, 7) is 4.52. The van der Waals surface area contributed by atoms with E-state index in [2.05, 4.69) is 12.2 Å². The standard InChI is InChI=1S/C15H28N2O3/c1-3-4-5-6-7-12(2)16-15(20)17(13-8-9-13)11-10-14(18)19/h12-13H,3-11H2,1-2H3,(H,16,20)(H,18,19). The molecule has 0 aromatic rings. The molecule has 0 saturated heterocycles. The van der Waals surface area contributed by atoms with Gasteiger partial charge in [0, 0.05) is 18.6 Å². The number of unbranched alkanes of at least 4 members (excludes halogenated alkanes) is 3. The van der Waals surface area contributed by atoms with Gasteiger partial charge < -0.3 is 15.3 Å². The maximum atomic E-state index is 12.2. The number of amides is 2. The minimum atomic E-state index is -0.851. The zero-order valence-corrected chi connectivity index (χ0v) is 12.7. The van der Waals surface area contributed by atoms with Crippen LogP contribution in [-0.4, -0.2) is 40.6 Å². The number of urea groups is 1. The fraction of sp³-hybridized carbons (Fsp3) is 0.867. The second-order valence-electron chi connectivity index (χ2n) is 5.77. The Morgan fingerprint density at radius 2 is 2.00 bits per heavy atom. The molecule has 2 N–H and O–H groups in total. The normalized spacial score (nSPS) is 15.7. The number of carbonyl (C=O) groups is 2. The highest BCUT2D eigenvalue weighted by Gasteiger charge is 2.32. The van der Waals surface area contributed by atoms with E-state index < -0.39 is 5.97 Å². The van der Waals surface area contributed by atoms with Gasteiger partial charge in [0.15, 0.2) is 0 Å². The van der Waals surface area contributed by atoms with Crippen LogP contribution in [0.25, 0.3) is 0 Å². The van der Waals surface area contributed by atoms with Gasteiger partial charge in [-0.3, -0.25) is 4.79 Å². The molecule has 1 aliphatic carbocycles. The number of aliphatic carboxylic acids is 1. The predicted octanol–water partition coefficient (Wildman–Crippen LogP) is 2.99. The summed E-state index contributed by atoms with van der Waals surface area (Å²) in [7, 11) is 0. The maximum Gasteiger partial charge on any atom is 0.317 e. The van der Waals surface area contributed by atoms with Gasteiger partial charge >= 0.3 is 12.0 Å². The van der Waals surface area contributed by atoms with Crippen molar-refractivity contribution in [2.45, 2.75) is 77.3 Å². The Morgan fingerprint density at radius 3 is 2.55 bits per heavy atom. The number of carbonyl (C=O) groups excluding carboxylic acids is 1. The van der Waals surface area contributed by atoms with Crippen LogP contribution in [0.3, 0.4) is 0 Å². The minimum absolute atomic E-state index is 0.0226. The molecule has 0 radical (unpaired) electrons. The average molecular weight is 284 g/mol. The minimum Gasteiger partial charge on any atom is -0.481 e. The fourth-order valence-electron chi connectivity index (χ4n) is 2.30. The van der Waals surface area contributed by atoms with Crippen LogP contribution < -0.4 is 5.32 Å². The first kappa shape index (κ1) is 16.8. The summed E-state index contributed by atoms with van der Waals surface area (Å²) in [4.78, 5) is 24.5. The smallest absolute Gasteiger partial charge is 0.317 e. The van der Waals surface area contributed by atoms with E-state index in [0.29, 0.717) is 6.54 Å². The van der Waals surface area contributed by atoms with E-state index in [1.54, 1.807) is 4.90 Å². The van der Waals surface area contributed by atoms with Crippen molar-refractivity contribution in [2.75, 3.05) is 6.54 Å². The van der Waals surface area contributed by atoms with Gasteiger partial charge in [0.2, 0.25) is 0 Å². The lowest BCUT2D eigenvalue weighted by molar-refractivity contribution is -0.137. The lowest BCUT2D eigenvalue weighted by atomic mass is 10.1. The number of carboxylic acids is 1. The molecular weight excluding hydrogens is 256 g/mol. The van der Waals surface area contributed by atoms with Crippen molar-refractivity contribution in [3.8, 4) is 0 Å². The lowest BCUT2D eigenvalue weighted by Crippen LogP contribution is -2.45. The average Bonchev–Trinajstić information content (AvgIpc) is 3.19. The Bertz CT molecular complexity index is 316. The number of rotatable bonds is 10. The van der Waals surface area contributed by atoms with Crippen molar-refractivity contribution in [3.05, 3.63) is 0 Å². The molecule has 1 aliphatic rings. The highest BCUT2D eigenvalue weighted by atomic mass is 16.4. The van der Waals surface area contributed by atoms with Gasteiger partial charge in [-0.1, -0.05) is 32.6 Å². The second kappa shape index (κ2) is 8.82. The number of hydrogen-bond donors (Lipinski definition) is 2. The molecule has 1 atom stereocenters. The Hall–Kier alpha value is -1.26. The Morgan fingerprint density at radius 1 is 1.30 bits per heavy atom. The van der Waals surface area contributed by atoms with Crippen molar-refractivity contribution in [3.63, 3.8) is 0 Å². The summed E-state index contributed by atoms with van der Waals surface area (Å²) in [5.41, 5.74) is 0. The first-order valence-electron chi connectivity index (χ1n) is 7.83. The van der Waals surface area contributed by atoms with Crippen LogP contribution in [0.2, 0.25) is 0 Å². The molecule has 2 amide bonds. The van der Waals surface area contributed by atoms with Crippen molar-refractivity contribution in [1.29, 1.82) is 0 Å². The number of carboxylic acid groups (broad SMARTS) is 1. The third kappa shape index (κ3) is 6.78. The van der Waals surface area contributed by atoms with Gasteiger partial charge in [0.05, 0.1) is 6.42 Å². The highest BCUT2D eigenvalue weighted by Crippen LogP contribution is 2.27. The maximum absolute atomic E-state index is 12.2. The van der Waals surface area contributed by atoms with E-state index >= 15 is 0 Å². The van der Waals surface area contributed by atoms with Gasteiger partial charge in [-0.25, -0.2) is 4.79 Å². The van der Waals surface area contributed by atoms with Crippen LogP contribution in [0.15, 0.2) is 0 Å². The number of nitrogens with one attached hydrogen (secondary N) is 1. The third-order valence-corrected chi connectivity index (χ3v) is 3.68. The zero-order chi connectivity index (χ0) is 15.0. The van der Waals surface area contributed by atoms with E-state index in [4.69, 9.17) is 5.11 Å². The van der Waals surface area contributed by atoms with Crippen LogP contribution in [0.5, 0.6) is 0 Å². The first-order valence-corrected chi connectivity index (χ1v) is 7.83. The third-order valence-electron chi connectivity index (χ3n) is 3.68. The van der Waals surface area contributed by atoms with Gasteiger partial charge in [-0.05, 0) is 26.2 Å². The summed E-state index contributed by atoms with van der Waals surface area (Å²) in [5.74, 6) is -0.851. The molecule has 0 bridgehead atoms. The largest absolute Gasteiger partial charge is 0.481 e. The van der Waals surface area contributed by atoms with Crippen molar-refractivity contribution in [1.82, 2.24) is 10.2 Å². The Kier molecular flexibility index (Phi) is 7.41. The molecule has 1 fully saturated rings. The molecule has 5 nitrogen and oxygen atoms in total. The van der Waals surface area contributed by atoms with Gasteiger partial charge in [0.1, 0.15) is 0 Å². The van der Waals surface area contributed by atoms with Crippen LogP contribution in [-0.2, 0) is 4.79 Å². The van der Waals surface area contributed by atoms with Crippen LogP contribution in [0.1, 0.15) is 65.2 Å². The van der Waals surface area contributed by atoms with E-state index in [0.717, 1.165) is 25.7 Å². The number of nitrogens with zero attached hydrogens (tertiary/aromatic N) is 1. The van der Waals surface area contributed by atoms with Crippen LogP contribution in [0.4, 0.5) is 4.79 Å². The molecule has 1 unspecified atom stereocenters. The summed E-state index contributed by atoms with van der Waals surface area (Å²) < 4.78 is 0. The molecule has 0 aromatic heterocycles. The SMILES string of the molecule is CCCCCCC(C)NC(=O)N(CCC(=O)O)C1CC1. The zero-order valence-electron chi connectivity index (χ0n) is 12.7. The monoisotopic (exact) mass is 284 g/mol.